The van der Waals surface area contributed by atoms with Gasteiger partial charge >= 0.3 is 0 Å². The maximum atomic E-state index is 12.7. The van der Waals surface area contributed by atoms with E-state index in [4.69, 9.17) is 14.7 Å². The van der Waals surface area contributed by atoms with Gasteiger partial charge in [-0.2, -0.15) is 10.2 Å². The average molecular weight is 407 g/mol. The van der Waals surface area contributed by atoms with Gasteiger partial charge in [0.2, 0.25) is 11.8 Å². The number of aromatic nitrogens is 3. The van der Waals surface area contributed by atoms with Gasteiger partial charge in [0.1, 0.15) is 18.6 Å². The van der Waals surface area contributed by atoms with Gasteiger partial charge in [-0.3, -0.25) is 14.2 Å². The highest BCUT2D eigenvalue weighted by atomic mass is 16.5. The fraction of sp³-hybridized carbons (Fsp3) is 0.286. The number of benzene rings is 1. The molecule has 0 radical (unpaired) electrons. The van der Waals surface area contributed by atoms with Crippen molar-refractivity contribution in [1.29, 1.82) is 5.26 Å². The summed E-state index contributed by atoms with van der Waals surface area (Å²) in [5.74, 6) is 0.683. The second kappa shape index (κ2) is 9.52. The third kappa shape index (κ3) is 4.91. The van der Waals surface area contributed by atoms with Crippen molar-refractivity contribution in [1.82, 2.24) is 19.9 Å². The number of rotatable bonds is 8. The maximum Gasteiger partial charge on any atom is 0.263 e. The normalized spacial score (nSPS) is 10.4. The van der Waals surface area contributed by atoms with Gasteiger partial charge in [-0.15, -0.1) is 0 Å². The van der Waals surface area contributed by atoms with E-state index in [0.717, 1.165) is 0 Å². The van der Waals surface area contributed by atoms with Crippen molar-refractivity contribution in [2.24, 2.45) is 0 Å². The fourth-order valence-corrected chi connectivity index (χ4v) is 2.88. The third-order valence-corrected chi connectivity index (χ3v) is 4.37. The van der Waals surface area contributed by atoms with Crippen LogP contribution in [0.3, 0.4) is 0 Å². The standard InChI is InChI=1S/C21H21N5O4/c1-14-9-18(29-2)25-20-19(14)21(28)26(13-24-20)12-17(27)23-7-4-8-30-16-6-3-5-15(10-16)11-22/h3,5-6,9-10,13H,4,7-8,12H2,1-2H3,(H,23,27). The fourth-order valence-electron chi connectivity index (χ4n) is 2.88. The Morgan fingerprint density at radius 2 is 2.17 bits per heavy atom. The van der Waals surface area contributed by atoms with Crippen molar-refractivity contribution < 1.29 is 14.3 Å². The summed E-state index contributed by atoms with van der Waals surface area (Å²) < 4.78 is 11.9. The molecule has 0 aliphatic carbocycles. The maximum absolute atomic E-state index is 12.7. The molecule has 9 nitrogen and oxygen atoms in total. The molecule has 3 aromatic rings. The van der Waals surface area contributed by atoms with E-state index in [1.165, 1.54) is 18.0 Å². The molecule has 0 saturated heterocycles. The largest absolute Gasteiger partial charge is 0.493 e. The number of nitrogens with zero attached hydrogens (tertiary/aromatic N) is 4. The molecule has 0 bridgehead atoms. The molecular formula is C21H21N5O4. The first-order valence-electron chi connectivity index (χ1n) is 9.32. The van der Waals surface area contributed by atoms with Crippen LogP contribution in [0.1, 0.15) is 17.5 Å². The monoisotopic (exact) mass is 407 g/mol. The van der Waals surface area contributed by atoms with Crippen LogP contribution in [0, 0.1) is 18.3 Å². The molecule has 0 saturated carbocycles. The smallest absolute Gasteiger partial charge is 0.263 e. The van der Waals surface area contributed by atoms with Crippen LogP contribution in [0.4, 0.5) is 0 Å². The first-order chi connectivity index (χ1) is 14.5. The van der Waals surface area contributed by atoms with E-state index in [1.807, 2.05) is 0 Å². The first-order valence-corrected chi connectivity index (χ1v) is 9.32. The highest BCUT2D eigenvalue weighted by Gasteiger charge is 2.12. The van der Waals surface area contributed by atoms with Gasteiger partial charge in [0.05, 0.1) is 30.7 Å². The Bertz CT molecular complexity index is 1170. The molecule has 1 N–H and O–H groups in total. The Morgan fingerprint density at radius 1 is 1.33 bits per heavy atom. The van der Waals surface area contributed by atoms with E-state index in [2.05, 4.69) is 21.4 Å². The van der Waals surface area contributed by atoms with E-state index < -0.39 is 0 Å². The number of hydrogen-bond acceptors (Lipinski definition) is 7. The number of carbonyl (C=O) groups is 1. The van der Waals surface area contributed by atoms with Crippen LogP contribution in [0.2, 0.25) is 0 Å². The van der Waals surface area contributed by atoms with Gasteiger partial charge in [-0.05, 0) is 37.1 Å². The van der Waals surface area contributed by atoms with Crippen LogP contribution in [0.25, 0.3) is 11.0 Å². The van der Waals surface area contributed by atoms with Crippen molar-refractivity contribution in [3.8, 4) is 17.7 Å². The number of carbonyl (C=O) groups excluding carboxylic acids is 1. The van der Waals surface area contributed by atoms with Gasteiger partial charge in [0, 0.05) is 12.6 Å². The molecule has 1 amide bonds. The van der Waals surface area contributed by atoms with Crippen LogP contribution >= 0.6 is 0 Å². The molecule has 0 aliphatic rings. The van der Waals surface area contributed by atoms with Gasteiger partial charge in [-0.1, -0.05) is 6.07 Å². The minimum absolute atomic E-state index is 0.141. The summed E-state index contributed by atoms with van der Waals surface area (Å²) in [5, 5.41) is 12.0. The van der Waals surface area contributed by atoms with E-state index >= 15 is 0 Å². The molecule has 1 aromatic carbocycles. The van der Waals surface area contributed by atoms with Crippen molar-refractivity contribution >= 4 is 16.9 Å². The molecule has 0 unspecified atom stereocenters. The summed E-state index contributed by atoms with van der Waals surface area (Å²) >= 11 is 0. The molecule has 0 spiro atoms. The minimum atomic E-state index is -0.330. The van der Waals surface area contributed by atoms with E-state index in [0.29, 0.717) is 47.7 Å². The Labute approximate surface area is 172 Å². The average Bonchev–Trinajstić information content (AvgIpc) is 2.75. The second-order valence-electron chi connectivity index (χ2n) is 6.55. The summed E-state index contributed by atoms with van der Waals surface area (Å²) in [6.07, 6.45) is 1.89. The lowest BCUT2D eigenvalue weighted by molar-refractivity contribution is -0.121. The lowest BCUT2D eigenvalue weighted by atomic mass is 10.2. The number of nitriles is 1. The van der Waals surface area contributed by atoms with E-state index in [9.17, 15) is 9.59 Å². The SMILES string of the molecule is COc1cc(C)c2c(=O)n(CC(=O)NCCCOc3cccc(C#N)c3)cnc2n1. The van der Waals surface area contributed by atoms with Crippen molar-refractivity contribution in [3.05, 3.63) is 58.1 Å². The van der Waals surface area contributed by atoms with Gasteiger partial charge < -0.3 is 14.8 Å². The Balaban J connectivity index is 1.53. The Kier molecular flexibility index (Phi) is 6.60. The number of ether oxygens (including phenoxy) is 2. The van der Waals surface area contributed by atoms with Crippen molar-refractivity contribution in [3.63, 3.8) is 0 Å². The van der Waals surface area contributed by atoms with Crippen LogP contribution in [0.15, 0.2) is 41.5 Å². The van der Waals surface area contributed by atoms with Crippen LogP contribution < -0.4 is 20.3 Å². The topological polar surface area (TPSA) is 119 Å². The minimum Gasteiger partial charge on any atom is -0.493 e. The van der Waals surface area contributed by atoms with Crippen LogP contribution in [-0.2, 0) is 11.3 Å². The highest BCUT2D eigenvalue weighted by Crippen LogP contribution is 2.16. The summed E-state index contributed by atoms with van der Waals surface area (Å²) in [4.78, 5) is 33.2. The molecule has 0 aliphatic heterocycles. The van der Waals surface area contributed by atoms with Crippen LogP contribution in [0.5, 0.6) is 11.6 Å². The number of hydrogen-bond donors (Lipinski definition) is 1. The van der Waals surface area contributed by atoms with E-state index in [1.54, 1.807) is 37.3 Å². The molecule has 30 heavy (non-hydrogen) atoms. The van der Waals surface area contributed by atoms with Crippen molar-refractivity contribution in [2.75, 3.05) is 20.3 Å². The Hall–Kier alpha value is -3.93. The molecule has 9 heteroatoms. The summed E-state index contributed by atoms with van der Waals surface area (Å²) in [5.41, 5.74) is 1.16. The zero-order valence-corrected chi connectivity index (χ0v) is 16.7. The van der Waals surface area contributed by atoms with E-state index in [-0.39, 0.29) is 23.7 Å². The zero-order chi connectivity index (χ0) is 21.5. The second-order valence-corrected chi connectivity index (χ2v) is 6.55. The number of fused-ring (bicyclic) bond motifs is 1. The van der Waals surface area contributed by atoms with Crippen molar-refractivity contribution in [2.45, 2.75) is 19.9 Å². The summed E-state index contributed by atoms with van der Waals surface area (Å²) in [6, 6.07) is 10.6. The number of pyridine rings is 1. The third-order valence-electron chi connectivity index (χ3n) is 4.37. The van der Waals surface area contributed by atoms with Gasteiger partial charge in [0.25, 0.3) is 5.56 Å². The first kappa shape index (κ1) is 20.8. The molecule has 0 atom stereocenters. The quantitative estimate of drug-likeness (QED) is 0.563. The van der Waals surface area contributed by atoms with Gasteiger partial charge in [-0.25, -0.2) is 4.98 Å². The zero-order valence-electron chi connectivity index (χ0n) is 16.7. The van der Waals surface area contributed by atoms with Crippen LogP contribution in [-0.4, -0.2) is 40.7 Å². The number of amides is 1. The summed E-state index contributed by atoms with van der Waals surface area (Å²) in [6.45, 7) is 2.41. The molecular weight excluding hydrogens is 386 g/mol. The predicted molar refractivity (Wildman–Crippen MR) is 109 cm³/mol. The highest BCUT2D eigenvalue weighted by molar-refractivity contribution is 5.79. The molecule has 154 valence electrons. The molecule has 3 rings (SSSR count). The lowest BCUT2D eigenvalue weighted by Gasteiger charge is -2.10. The lowest BCUT2D eigenvalue weighted by Crippen LogP contribution is -2.33. The number of methoxy groups -OCH3 is 1. The summed E-state index contributed by atoms with van der Waals surface area (Å²) in [7, 11) is 1.49. The predicted octanol–water partition coefficient (Wildman–Crippen LogP) is 1.57. The molecule has 0 fully saturated rings. The van der Waals surface area contributed by atoms with Gasteiger partial charge in [0.15, 0.2) is 5.65 Å². The number of aryl methyl sites for hydroxylation is 1. The Morgan fingerprint density at radius 3 is 2.93 bits per heavy atom. The molecule has 2 heterocycles. The molecule has 2 aromatic heterocycles. The number of nitrogens with one attached hydrogen (secondary N) is 1.